The molecule has 1 atom stereocenters. The van der Waals surface area contributed by atoms with Crippen molar-refractivity contribution in [3.05, 3.63) is 34.1 Å². The molecule has 0 bridgehead atoms. The van der Waals surface area contributed by atoms with Crippen LogP contribution in [0.4, 0.5) is 4.39 Å². The summed E-state index contributed by atoms with van der Waals surface area (Å²) in [7, 11) is 0. The van der Waals surface area contributed by atoms with Gasteiger partial charge in [-0.2, -0.15) is 0 Å². The topological polar surface area (TPSA) is 20.2 Å². The molecular formula is C12H16BrFO. The van der Waals surface area contributed by atoms with Gasteiger partial charge in [0.15, 0.2) is 0 Å². The van der Waals surface area contributed by atoms with Gasteiger partial charge in [0.05, 0.1) is 10.6 Å². The monoisotopic (exact) mass is 274 g/mol. The molecule has 1 aromatic rings. The number of benzene rings is 1. The first-order valence-corrected chi connectivity index (χ1v) is 6.04. The van der Waals surface area contributed by atoms with E-state index in [9.17, 15) is 9.50 Å². The van der Waals surface area contributed by atoms with E-state index in [1.54, 1.807) is 12.1 Å². The second-order valence-electron chi connectivity index (χ2n) is 3.75. The van der Waals surface area contributed by atoms with Crippen molar-refractivity contribution in [1.29, 1.82) is 0 Å². The number of aliphatic hydroxyl groups is 1. The highest BCUT2D eigenvalue weighted by Gasteiger charge is 2.06. The Morgan fingerprint density at radius 2 is 2.20 bits per heavy atom. The summed E-state index contributed by atoms with van der Waals surface area (Å²) < 4.78 is 13.4. The Labute approximate surface area is 98.4 Å². The Kier molecular flexibility index (Phi) is 5.26. The van der Waals surface area contributed by atoms with E-state index in [1.807, 2.05) is 0 Å². The maximum Gasteiger partial charge on any atom is 0.137 e. The predicted molar refractivity (Wildman–Crippen MR) is 63.3 cm³/mol. The van der Waals surface area contributed by atoms with Crippen LogP contribution in [0.15, 0.2) is 22.7 Å². The number of hydrogen-bond acceptors (Lipinski definition) is 1. The van der Waals surface area contributed by atoms with Crippen LogP contribution in [0, 0.1) is 5.82 Å². The molecule has 0 heterocycles. The molecular weight excluding hydrogens is 259 g/mol. The van der Waals surface area contributed by atoms with Gasteiger partial charge >= 0.3 is 0 Å². The van der Waals surface area contributed by atoms with Crippen molar-refractivity contribution in [3.8, 4) is 0 Å². The largest absolute Gasteiger partial charge is 0.393 e. The lowest BCUT2D eigenvalue weighted by Crippen LogP contribution is -2.10. The van der Waals surface area contributed by atoms with Crippen molar-refractivity contribution in [3.63, 3.8) is 0 Å². The van der Waals surface area contributed by atoms with Crippen LogP contribution < -0.4 is 0 Å². The van der Waals surface area contributed by atoms with E-state index >= 15 is 0 Å². The molecule has 0 saturated carbocycles. The van der Waals surface area contributed by atoms with E-state index in [-0.39, 0.29) is 11.9 Å². The fraction of sp³-hybridized carbons (Fsp3) is 0.500. The smallest absolute Gasteiger partial charge is 0.137 e. The lowest BCUT2D eigenvalue weighted by molar-refractivity contribution is 0.161. The SMILES string of the molecule is CCCCC(O)Cc1ccc(F)c(Br)c1. The van der Waals surface area contributed by atoms with Gasteiger partial charge in [-0.15, -0.1) is 0 Å². The Hall–Kier alpha value is -0.410. The van der Waals surface area contributed by atoms with Gasteiger partial charge in [0, 0.05) is 0 Å². The third-order valence-corrected chi connectivity index (χ3v) is 2.95. The van der Waals surface area contributed by atoms with Crippen LogP contribution in [0.2, 0.25) is 0 Å². The first kappa shape index (κ1) is 12.7. The fourth-order valence-corrected chi connectivity index (χ4v) is 1.91. The summed E-state index contributed by atoms with van der Waals surface area (Å²) in [6.07, 6.45) is 3.21. The highest BCUT2D eigenvalue weighted by atomic mass is 79.9. The van der Waals surface area contributed by atoms with Crippen molar-refractivity contribution in [2.75, 3.05) is 0 Å². The molecule has 0 aliphatic heterocycles. The van der Waals surface area contributed by atoms with Crippen molar-refractivity contribution in [1.82, 2.24) is 0 Å². The van der Waals surface area contributed by atoms with Gasteiger partial charge in [0.2, 0.25) is 0 Å². The summed E-state index contributed by atoms with van der Waals surface area (Å²) in [4.78, 5) is 0. The van der Waals surface area contributed by atoms with Gasteiger partial charge in [0.1, 0.15) is 5.82 Å². The lowest BCUT2D eigenvalue weighted by atomic mass is 10.0. The fourth-order valence-electron chi connectivity index (χ4n) is 1.48. The minimum Gasteiger partial charge on any atom is -0.393 e. The summed E-state index contributed by atoms with van der Waals surface area (Å²) in [6.45, 7) is 2.10. The predicted octanol–water partition coefficient (Wildman–Crippen LogP) is 3.68. The van der Waals surface area contributed by atoms with E-state index < -0.39 is 0 Å². The molecule has 0 spiro atoms. The van der Waals surface area contributed by atoms with Crippen LogP contribution in [0.3, 0.4) is 0 Å². The Balaban J connectivity index is 2.53. The van der Waals surface area contributed by atoms with Crippen LogP contribution in [0.5, 0.6) is 0 Å². The van der Waals surface area contributed by atoms with Crippen molar-refractivity contribution < 1.29 is 9.50 Å². The third-order valence-electron chi connectivity index (χ3n) is 2.35. The normalized spacial score (nSPS) is 12.8. The van der Waals surface area contributed by atoms with Crippen molar-refractivity contribution in [2.24, 2.45) is 0 Å². The quantitative estimate of drug-likeness (QED) is 0.869. The molecule has 1 N–H and O–H groups in total. The molecule has 0 radical (unpaired) electrons. The Bertz CT molecular complexity index is 314. The molecule has 15 heavy (non-hydrogen) atoms. The zero-order valence-corrected chi connectivity index (χ0v) is 10.4. The number of aliphatic hydroxyl groups excluding tert-OH is 1. The second kappa shape index (κ2) is 6.23. The van der Waals surface area contributed by atoms with Gasteiger partial charge in [-0.25, -0.2) is 4.39 Å². The standard InChI is InChI=1S/C12H16BrFO/c1-2-3-4-10(15)7-9-5-6-12(14)11(13)8-9/h5-6,8,10,15H,2-4,7H2,1H3. The molecule has 0 fully saturated rings. The number of hydrogen-bond donors (Lipinski definition) is 1. The average Bonchev–Trinajstić information content (AvgIpc) is 2.20. The van der Waals surface area contributed by atoms with Gasteiger partial charge in [-0.1, -0.05) is 25.8 Å². The number of unbranched alkanes of at least 4 members (excludes halogenated alkanes) is 1. The van der Waals surface area contributed by atoms with Gasteiger partial charge in [-0.05, 0) is 46.5 Å². The molecule has 0 aliphatic carbocycles. The van der Waals surface area contributed by atoms with Gasteiger partial charge < -0.3 is 5.11 Å². The first-order valence-electron chi connectivity index (χ1n) is 5.25. The average molecular weight is 275 g/mol. The van der Waals surface area contributed by atoms with E-state index in [2.05, 4.69) is 22.9 Å². The molecule has 3 heteroatoms. The van der Waals surface area contributed by atoms with Crippen LogP contribution >= 0.6 is 15.9 Å². The van der Waals surface area contributed by atoms with E-state index in [4.69, 9.17) is 0 Å². The Morgan fingerprint density at radius 1 is 1.47 bits per heavy atom. The molecule has 0 amide bonds. The molecule has 84 valence electrons. The van der Waals surface area contributed by atoms with Crippen LogP contribution in [-0.4, -0.2) is 11.2 Å². The summed E-state index contributed by atoms with van der Waals surface area (Å²) in [5.74, 6) is -0.262. The number of halogens is 2. The highest BCUT2D eigenvalue weighted by Crippen LogP contribution is 2.18. The first-order chi connectivity index (χ1) is 7.13. The minimum atomic E-state index is -0.317. The molecule has 1 nitrogen and oxygen atoms in total. The molecule has 0 saturated heterocycles. The van der Waals surface area contributed by atoms with Gasteiger partial charge in [-0.3, -0.25) is 0 Å². The Morgan fingerprint density at radius 3 is 2.80 bits per heavy atom. The summed E-state index contributed by atoms with van der Waals surface area (Å²) in [5.41, 5.74) is 0.965. The zero-order valence-electron chi connectivity index (χ0n) is 8.84. The molecule has 0 aliphatic rings. The highest BCUT2D eigenvalue weighted by molar-refractivity contribution is 9.10. The molecule has 1 aromatic carbocycles. The van der Waals surface area contributed by atoms with Crippen molar-refractivity contribution >= 4 is 15.9 Å². The lowest BCUT2D eigenvalue weighted by Gasteiger charge is -2.10. The van der Waals surface area contributed by atoms with Crippen molar-refractivity contribution in [2.45, 2.75) is 38.7 Å². The number of rotatable bonds is 5. The summed E-state index contributed by atoms with van der Waals surface area (Å²) >= 11 is 3.13. The summed E-state index contributed by atoms with van der Waals surface area (Å²) in [6, 6.07) is 4.87. The zero-order chi connectivity index (χ0) is 11.3. The second-order valence-corrected chi connectivity index (χ2v) is 4.60. The van der Waals surface area contributed by atoms with E-state index in [0.717, 1.165) is 24.8 Å². The molecule has 0 aromatic heterocycles. The maximum absolute atomic E-state index is 12.9. The van der Waals surface area contributed by atoms with E-state index in [1.165, 1.54) is 6.07 Å². The van der Waals surface area contributed by atoms with Crippen LogP contribution in [0.1, 0.15) is 31.7 Å². The maximum atomic E-state index is 12.9. The third kappa shape index (κ3) is 4.31. The van der Waals surface area contributed by atoms with Crippen LogP contribution in [0.25, 0.3) is 0 Å². The van der Waals surface area contributed by atoms with Gasteiger partial charge in [0.25, 0.3) is 0 Å². The summed E-state index contributed by atoms with van der Waals surface area (Å²) in [5, 5.41) is 9.68. The van der Waals surface area contributed by atoms with Crippen LogP contribution in [-0.2, 0) is 6.42 Å². The molecule has 1 rings (SSSR count). The minimum absolute atomic E-state index is 0.262. The van der Waals surface area contributed by atoms with E-state index in [0.29, 0.717) is 10.9 Å². The molecule has 1 unspecified atom stereocenters.